The molecule has 8 nitrogen and oxygen atoms in total. The molecule has 0 radical (unpaired) electrons. The fourth-order valence-corrected chi connectivity index (χ4v) is 3.58. The van der Waals surface area contributed by atoms with Crippen LogP contribution in [0.2, 0.25) is 0 Å². The van der Waals surface area contributed by atoms with E-state index >= 15 is 0 Å². The summed E-state index contributed by atoms with van der Waals surface area (Å²) in [6.07, 6.45) is 13.8. The van der Waals surface area contributed by atoms with Gasteiger partial charge in [-0.05, 0) is 6.42 Å². The molecule has 0 amide bonds. The number of carbonyl (C=O) groups is 1. The molecule has 29 heavy (non-hydrogen) atoms. The summed E-state index contributed by atoms with van der Waals surface area (Å²) in [5.74, 6) is -0.386. The number of aliphatic hydroxyl groups is 1. The van der Waals surface area contributed by atoms with Gasteiger partial charge in [-0.1, -0.05) is 77.6 Å². The topological polar surface area (TPSA) is 128 Å². The minimum Gasteiger partial charge on any atom is -0.463 e. The van der Waals surface area contributed by atoms with E-state index in [0.717, 1.165) is 19.3 Å². The van der Waals surface area contributed by atoms with Gasteiger partial charge in [0, 0.05) is 13.0 Å². The lowest BCUT2D eigenvalue weighted by Crippen LogP contribution is -2.23. The monoisotopic (exact) mass is 439 g/mol. The summed E-state index contributed by atoms with van der Waals surface area (Å²) >= 11 is 0. The van der Waals surface area contributed by atoms with E-state index in [1.807, 2.05) is 0 Å². The summed E-state index contributed by atoms with van der Waals surface area (Å²) in [7, 11) is -4.23. The Balaban J connectivity index is 3.48. The van der Waals surface area contributed by atoms with Crippen LogP contribution in [0.25, 0.3) is 0 Å². The highest BCUT2D eigenvalue weighted by molar-refractivity contribution is 7.47. The molecule has 0 rings (SSSR count). The van der Waals surface area contributed by atoms with E-state index in [-0.39, 0.29) is 25.7 Å². The van der Waals surface area contributed by atoms with E-state index in [0.29, 0.717) is 6.42 Å². The highest BCUT2D eigenvalue weighted by Gasteiger charge is 2.22. The van der Waals surface area contributed by atoms with Crippen molar-refractivity contribution in [1.82, 2.24) is 0 Å². The van der Waals surface area contributed by atoms with E-state index in [4.69, 9.17) is 10.5 Å². The molecule has 0 aromatic carbocycles. The number of nitrogens with two attached hydrogens (primary N) is 1. The number of carbonyl (C=O) groups excluding carboxylic acids is 1. The van der Waals surface area contributed by atoms with Crippen LogP contribution in [0.1, 0.15) is 90.4 Å². The van der Waals surface area contributed by atoms with Crippen molar-refractivity contribution in [2.45, 2.75) is 96.5 Å². The van der Waals surface area contributed by atoms with Gasteiger partial charge in [-0.25, -0.2) is 4.57 Å². The second-order valence-electron chi connectivity index (χ2n) is 7.36. The molecule has 0 fully saturated rings. The smallest absolute Gasteiger partial charge is 0.463 e. The summed E-state index contributed by atoms with van der Waals surface area (Å²) < 4.78 is 25.5. The number of phosphoric ester groups is 1. The zero-order valence-corrected chi connectivity index (χ0v) is 19.0. The molecule has 0 aliphatic heterocycles. The third kappa shape index (κ3) is 20.5. The molecule has 0 spiro atoms. The summed E-state index contributed by atoms with van der Waals surface area (Å²) in [6.45, 7) is 1.43. The van der Waals surface area contributed by atoms with E-state index in [9.17, 15) is 19.4 Å². The van der Waals surface area contributed by atoms with Crippen molar-refractivity contribution in [3.63, 3.8) is 0 Å². The minimum absolute atomic E-state index is 0.0766. The molecule has 9 heteroatoms. The lowest BCUT2D eigenvalue weighted by molar-refractivity contribution is -0.147. The number of ether oxygens (including phenoxy) is 1. The maximum Gasteiger partial charge on any atom is 0.472 e. The Labute approximate surface area is 176 Å². The molecule has 0 aromatic rings. The average molecular weight is 440 g/mol. The van der Waals surface area contributed by atoms with Gasteiger partial charge < -0.3 is 20.5 Å². The lowest BCUT2D eigenvalue weighted by atomic mass is 10.0. The molecule has 0 aliphatic rings. The van der Waals surface area contributed by atoms with Crippen molar-refractivity contribution in [3.8, 4) is 0 Å². The van der Waals surface area contributed by atoms with Gasteiger partial charge in [0.25, 0.3) is 0 Å². The molecule has 4 N–H and O–H groups in total. The second-order valence-corrected chi connectivity index (χ2v) is 8.82. The Morgan fingerprint density at radius 3 is 1.93 bits per heavy atom. The molecule has 0 aliphatic carbocycles. The molecule has 0 aromatic heterocycles. The highest BCUT2D eigenvalue weighted by Crippen LogP contribution is 2.42. The van der Waals surface area contributed by atoms with Gasteiger partial charge >= 0.3 is 13.8 Å². The maximum absolute atomic E-state index is 11.7. The first-order valence-electron chi connectivity index (χ1n) is 11.1. The minimum atomic E-state index is -4.23. The van der Waals surface area contributed by atoms with Crippen LogP contribution in [0.5, 0.6) is 0 Å². The third-order valence-corrected chi connectivity index (χ3v) is 5.46. The molecule has 0 saturated heterocycles. The summed E-state index contributed by atoms with van der Waals surface area (Å²) in [6, 6.07) is 0. The van der Waals surface area contributed by atoms with Crippen molar-refractivity contribution < 1.29 is 33.1 Å². The van der Waals surface area contributed by atoms with E-state index in [2.05, 4.69) is 16.0 Å². The number of hydrogen-bond donors (Lipinski definition) is 3. The van der Waals surface area contributed by atoms with Crippen LogP contribution >= 0.6 is 7.82 Å². The Hall–Kier alpha value is -0.500. The Bertz CT molecular complexity index is 437. The lowest BCUT2D eigenvalue weighted by Gasteiger charge is -2.15. The summed E-state index contributed by atoms with van der Waals surface area (Å²) in [4.78, 5) is 20.9. The Morgan fingerprint density at radius 2 is 1.41 bits per heavy atom. The molecule has 2 unspecified atom stereocenters. The van der Waals surface area contributed by atoms with Gasteiger partial charge in [0.15, 0.2) is 0 Å². The van der Waals surface area contributed by atoms with Crippen LogP contribution in [0.4, 0.5) is 0 Å². The van der Waals surface area contributed by atoms with Crippen molar-refractivity contribution in [3.05, 3.63) is 0 Å². The second kappa shape index (κ2) is 19.5. The van der Waals surface area contributed by atoms with Crippen molar-refractivity contribution in [2.24, 2.45) is 5.73 Å². The number of aliphatic hydroxyl groups excluding tert-OH is 1. The molecule has 174 valence electrons. The van der Waals surface area contributed by atoms with Crippen molar-refractivity contribution >= 4 is 13.8 Å². The number of unbranched alkanes of at least 4 members (excludes halogenated alkanes) is 11. The Kier molecular flexibility index (Phi) is 19.1. The quantitative estimate of drug-likeness (QED) is 0.139. The summed E-state index contributed by atoms with van der Waals surface area (Å²) in [5, 5.41) is 9.64. The number of esters is 1. The number of rotatable bonds is 21. The Morgan fingerprint density at radius 1 is 0.897 bits per heavy atom. The molecule has 0 saturated carbocycles. The highest BCUT2D eigenvalue weighted by atomic mass is 31.2. The zero-order valence-electron chi connectivity index (χ0n) is 18.1. The van der Waals surface area contributed by atoms with Gasteiger partial charge in [0.1, 0.15) is 12.7 Å². The first kappa shape index (κ1) is 28.5. The fraction of sp³-hybridized carbons (Fsp3) is 0.950. The van der Waals surface area contributed by atoms with Gasteiger partial charge in [-0.3, -0.25) is 13.8 Å². The number of hydrogen-bond acceptors (Lipinski definition) is 7. The van der Waals surface area contributed by atoms with Crippen LogP contribution in [0.15, 0.2) is 0 Å². The van der Waals surface area contributed by atoms with Crippen LogP contribution < -0.4 is 5.73 Å². The normalized spacial score (nSPS) is 14.5. The van der Waals surface area contributed by atoms with Gasteiger partial charge in [-0.2, -0.15) is 0 Å². The predicted molar refractivity (Wildman–Crippen MR) is 113 cm³/mol. The van der Waals surface area contributed by atoms with Crippen molar-refractivity contribution in [1.29, 1.82) is 0 Å². The SMILES string of the molecule is CCCCCCCCCCCCCCC(=O)OCC(O)COP(=O)(O)OCCN. The standard InChI is InChI=1S/C20H42NO7P/c1-2-3-4-5-6-7-8-9-10-11-12-13-14-20(23)26-17-19(22)18-28-29(24,25)27-16-15-21/h19,22H,2-18,21H2,1H3,(H,24,25). The van der Waals surface area contributed by atoms with Gasteiger partial charge in [-0.15, -0.1) is 0 Å². The fourth-order valence-electron chi connectivity index (χ4n) is 2.81. The molecule has 0 heterocycles. The molecular formula is C20H42NO7P. The molecular weight excluding hydrogens is 397 g/mol. The van der Waals surface area contributed by atoms with E-state index in [1.165, 1.54) is 57.8 Å². The van der Waals surface area contributed by atoms with Gasteiger partial charge in [0.2, 0.25) is 0 Å². The maximum atomic E-state index is 11.7. The van der Waals surface area contributed by atoms with Crippen LogP contribution in [0, 0.1) is 0 Å². The zero-order chi connectivity index (χ0) is 21.8. The largest absolute Gasteiger partial charge is 0.472 e. The third-order valence-electron chi connectivity index (χ3n) is 4.47. The average Bonchev–Trinajstić information content (AvgIpc) is 2.70. The number of phosphoric acid groups is 1. The van der Waals surface area contributed by atoms with Crippen molar-refractivity contribution in [2.75, 3.05) is 26.4 Å². The first-order valence-corrected chi connectivity index (χ1v) is 12.6. The van der Waals surface area contributed by atoms with E-state index < -0.39 is 20.5 Å². The first-order chi connectivity index (χ1) is 13.9. The van der Waals surface area contributed by atoms with Gasteiger partial charge in [0.05, 0.1) is 13.2 Å². The predicted octanol–water partition coefficient (Wildman–Crippen LogP) is 4.07. The van der Waals surface area contributed by atoms with Crippen LogP contribution in [0.3, 0.4) is 0 Å². The van der Waals surface area contributed by atoms with Crippen LogP contribution in [-0.2, 0) is 23.1 Å². The van der Waals surface area contributed by atoms with Crippen LogP contribution in [-0.4, -0.2) is 48.4 Å². The molecule has 0 bridgehead atoms. The summed E-state index contributed by atoms with van der Waals surface area (Å²) in [5.41, 5.74) is 5.16. The van der Waals surface area contributed by atoms with E-state index in [1.54, 1.807) is 0 Å². The molecule has 2 atom stereocenters.